The van der Waals surface area contributed by atoms with Crippen LogP contribution in [-0.4, -0.2) is 19.8 Å². The van der Waals surface area contributed by atoms with E-state index in [0.29, 0.717) is 11.5 Å². The highest BCUT2D eigenvalue weighted by Gasteiger charge is 1.85. The summed E-state index contributed by atoms with van der Waals surface area (Å²) in [5, 5.41) is 8.50. The maximum atomic E-state index is 9.66. The van der Waals surface area contributed by atoms with Gasteiger partial charge in [-0.05, 0) is 0 Å². The normalized spacial score (nSPS) is 14.1. The highest BCUT2D eigenvalue weighted by molar-refractivity contribution is 7.82. The molecule has 0 rings (SSSR count). The summed E-state index contributed by atoms with van der Waals surface area (Å²) in [5.41, 5.74) is 0. The average Bonchev–Trinajstić information content (AvgIpc) is 1.61. The molecule has 46 valence electrons. The highest BCUT2D eigenvalue weighted by Crippen LogP contribution is 1.75. The first kappa shape index (κ1) is 7.32. The van der Waals surface area contributed by atoms with E-state index in [1.165, 1.54) is 0 Å². The minimum Gasteiger partial charge on any atom is -0.478 e. The van der Waals surface area contributed by atoms with Gasteiger partial charge in [-0.15, -0.1) is 0 Å². The second kappa shape index (κ2) is 3.34. The Kier molecular flexibility index (Phi) is 3.05. The summed E-state index contributed by atoms with van der Waals surface area (Å²) in [6, 6.07) is 0. The first-order valence-corrected chi connectivity index (χ1v) is 2.80. The molecule has 0 amide bonds. The molecule has 0 spiro atoms. The van der Waals surface area contributed by atoms with E-state index in [1.807, 2.05) is 0 Å². The van der Waals surface area contributed by atoms with E-state index < -0.39 is 17.0 Å². The smallest absolute Gasteiger partial charge is 0.329 e. The van der Waals surface area contributed by atoms with Crippen LogP contribution in [0.2, 0.25) is 0 Å². The molecular formula is C3H4O4S. The number of rotatable bonds is 2. The molecule has 0 saturated heterocycles. The van der Waals surface area contributed by atoms with Gasteiger partial charge in [0.2, 0.25) is 0 Å². The van der Waals surface area contributed by atoms with Crippen molar-refractivity contribution in [3.63, 3.8) is 0 Å². The van der Waals surface area contributed by atoms with Crippen LogP contribution in [0.15, 0.2) is 11.5 Å². The predicted octanol–water partition coefficient (Wildman–Crippen LogP) is -0.194. The van der Waals surface area contributed by atoms with Crippen LogP contribution in [0.4, 0.5) is 0 Å². The van der Waals surface area contributed by atoms with Gasteiger partial charge in [0.1, 0.15) is 0 Å². The molecule has 1 unspecified atom stereocenters. The highest BCUT2D eigenvalue weighted by atomic mass is 32.2. The Labute approximate surface area is 48.1 Å². The van der Waals surface area contributed by atoms with Gasteiger partial charge in [-0.1, -0.05) is 0 Å². The van der Waals surface area contributed by atoms with Gasteiger partial charge < -0.3 is 9.66 Å². The zero-order valence-electron chi connectivity index (χ0n) is 3.77. The SMILES string of the molecule is O=C(O)C=CS(=O)O. The second-order valence-corrected chi connectivity index (χ2v) is 1.74. The topological polar surface area (TPSA) is 74.6 Å². The second-order valence-electron chi connectivity index (χ2n) is 0.917. The lowest BCUT2D eigenvalue weighted by Gasteiger charge is -1.75. The van der Waals surface area contributed by atoms with E-state index in [9.17, 15) is 9.00 Å². The molecule has 0 aromatic carbocycles. The van der Waals surface area contributed by atoms with Crippen molar-refractivity contribution in [2.45, 2.75) is 0 Å². The van der Waals surface area contributed by atoms with E-state index in [4.69, 9.17) is 9.66 Å². The molecule has 8 heavy (non-hydrogen) atoms. The monoisotopic (exact) mass is 136 g/mol. The van der Waals surface area contributed by atoms with E-state index in [-0.39, 0.29) is 0 Å². The van der Waals surface area contributed by atoms with Gasteiger partial charge in [0, 0.05) is 11.5 Å². The molecule has 0 aromatic heterocycles. The van der Waals surface area contributed by atoms with Crippen molar-refractivity contribution in [1.82, 2.24) is 0 Å². The lowest BCUT2D eigenvalue weighted by Crippen LogP contribution is -1.87. The summed E-state index contributed by atoms with van der Waals surface area (Å²) >= 11 is -2.15. The fraction of sp³-hybridized carbons (Fsp3) is 0. The summed E-state index contributed by atoms with van der Waals surface area (Å²) in [6.45, 7) is 0. The predicted molar refractivity (Wildman–Crippen MR) is 27.5 cm³/mol. The summed E-state index contributed by atoms with van der Waals surface area (Å²) in [6.07, 6.45) is 0.607. The average molecular weight is 136 g/mol. The number of carboxylic acids is 1. The molecule has 1 atom stereocenters. The fourth-order valence-electron chi connectivity index (χ4n) is 0.116. The molecular weight excluding hydrogens is 132 g/mol. The number of hydrogen-bond donors (Lipinski definition) is 2. The van der Waals surface area contributed by atoms with Crippen LogP contribution in [0.1, 0.15) is 0 Å². The van der Waals surface area contributed by atoms with Crippen molar-refractivity contribution in [1.29, 1.82) is 0 Å². The molecule has 0 fully saturated rings. The summed E-state index contributed by atoms with van der Waals surface area (Å²) in [5.74, 6) is -1.23. The summed E-state index contributed by atoms with van der Waals surface area (Å²) < 4.78 is 17.6. The number of carboxylic acid groups (broad SMARTS) is 1. The largest absolute Gasteiger partial charge is 0.478 e. The molecule has 0 heterocycles. The molecule has 0 bridgehead atoms. The van der Waals surface area contributed by atoms with Gasteiger partial charge >= 0.3 is 5.97 Å². The summed E-state index contributed by atoms with van der Waals surface area (Å²) in [4.78, 5) is 9.57. The van der Waals surface area contributed by atoms with Gasteiger partial charge in [0.25, 0.3) is 0 Å². The first-order valence-electron chi connectivity index (χ1n) is 1.63. The Hall–Kier alpha value is -0.680. The van der Waals surface area contributed by atoms with E-state index in [1.54, 1.807) is 0 Å². The molecule has 0 aromatic rings. The molecule has 5 heteroatoms. The quantitative estimate of drug-likeness (QED) is 0.407. The van der Waals surface area contributed by atoms with E-state index in [0.717, 1.165) is 0 Å². The standard InChI is InChI=1S/C3H4O4S/c4-3(5)1-2-8(6)7/h1-2H,(H,4,5)(H,6,7). The van der Waals surface area contributed by atoms with Crippen LogP contribution in [-0.2, 0) is 15.9 Å². The third-order valence-corrected chi connectivity index (χ3v) is 0.696. The zero-order valence-corrected chi connectivity index (χ0v) is 4.59. The Morgan fingerprint density at radius 1 is 1.62 bits per heavy atom. The minimum absolute atomic E-state index is 0.607. The Morgan fingerprint density at radius 3 is 2.25 bits per heavy atom. The first-order chi connectivity index (χ1) is 3.63. The lowest BCUT2D eigenvalue weighted by atomic mass is 10.7. The van der Waals surface area contributed by atoms with Gasteiger partial charge in [-0.3, -0.25) is 0 Å². The van der Waals surface area contributed by atoms with Crippen molar-refractivity contribution < 1.29 is 18.7 Å². The summed E-state index contributed by atoms with van der Waals surface area (Å²) in [7, 11) is 0. The number of aliphatic carboxylic acids is 1. The molecule has 0 aliphatic heterocycles. The molecule has 0 aliphatic carbocycles. The van der Waals surface area contributed by atoms with Crippen LogP contribution in [0, 0.1) is 0 Å². The Balaban J connectivity index is 3.67. The van der Waals surface area contributed by atoms with Crippen molar-refractivity contribution in [2.75, 3.05) is 0 Å². The van der Waals surface area contributed by atoms with Crippen LogP contribution in [0.3, 0.4) is 0 Å². The van der Waals surface area contributed by atoms with Crippen molar-refractivity contribution in [3.8, 4) is 0 Å². The van der Waals surface area contributed by atoms with Gasteiger partial charge in [0.05, 0.1) is 0 Å². The minimum atomic E-state index is -2.15. The van der Waals surface area contributed by atoms with Gasteiger partial charge in [-0.2, -0.15) is 0 Å². The molecule has 0 saturated carbocycles. The molecule has 0 aliphatic rings. The van der Waals surface area contributed by atoms with Gasteiger partial charge in [-0.25, -0.2) is 9.00 Å². The number of carbonyl (C=O) groups is 1. The maximum Gasteiger partial charge on any atom is 0.329 e. The lowest BCUT2D eigenvalue weighted by molar-refractivity contribution is -0.131. The fourth-order valence-corrected chi connectivity index (χ4v) is 0.349. The van der Waals surface area contributed by atoms with Crippen LogP contribution in [0.25, 0.3) is 0 Å². The molecule has 0 radical (unpaired) electrons. The van der Waals surface area contributed by atoms with Crippen LogP contribution < -0.4 is 0 Å². The zero-order chi connectivity index (χ0) is 6.57. The van der Waals surface area contributed by atoms with Crippen molar-refractivity contribution in [2.24, 2.45) is 0 Å². The van der Waals surface area contributed by atoms with E-state index >= 15 is 0 Å². The van der Waals surface area contributed by atoms with Crippen molar-refractivity contribution in [3.05, 3.63) is 11.5 Å². The van der Waals surface area contributed by atoms with Gasteiger partial charge in [0.15, 0.2) is 11.1 Å². The van der Waals surface area contributed by atoms with Crippen molar-refractivity contribution >= 4 is 17.0 Å². The third kappa shape index (κ3) is 5.32. The third-order valence-electron chi connectivity index (χ3n) is 0.327. The number of hydrogen-bond acceptors (Lipinski definition) is 2. The Morgan fingerprint density at radius 2 is 2.12 bits per heavy atom. The van der Waals surface area contributed by atoms with Crippen LogP contribution >= 0.6 is 0 Å². The molecule has 2 N–H and O–H groups in total. The maximum absolute atomic E-state index is 9.66. The van der Waals surface area contributed by atoms with E-state index in [2.05, 4.69) is 0 Å². The Bertz CT molecular complexity index is 122. The van der Waals surface area contributed by atoms with Crippen LogP contribution in [0.5, 0.6) is 0 Å². The molecule has 4 nitrogen and oxygen atoms in total.